The Hall–Kier alpha value is -3.13. The second-order valence-electron chi connectivity index (χ2n) is 7.05. The van der Waals surface area contributed by atoms with E-state index in [-0.39, 0.29) is 36.4 Å². The van der Waals surface area contributed by atoms with Crippen molar-refractivity contribution < 1.29 is 18.8 Å². The van der Waals surface area contributed by atoms with Gasteiger partial charge in [0.25, 0.3) is 5.91 Å². The van der Waals surface area contributed by atoms with Gasteiger partial charge in [0.05, 0.1) is 12.8 Å². The molecule has 1 aliphatic heterocycles. The number of carbonyl (C=O) groups is 3. The van der Waals surface area contributed by atoms with E-state index in [0.717, 1.165) is 11.3 Å². The van der Waals surface area contributed by atoms with Crippen LogP contribution in [0, 0.1) is 6.92 Å². The molecule has 0 atom stereocenters. The second-order valence-corrected chi connectivity index (χ2v) is 7.05. The predicted octanol–water partition coefficient (Wildman–Crippen LogP) is 1.49. The zero-order chi connectivity index (χ0) is 20.6. The highest BCUT2D eigenvalue weighted by Gasteiger charge is 2.22. The minimum absolute atomic E-state index is 0.00602. The number of nitrogens with one attached hydrogen (secondary N) is 2. The Balaban J connectivity index is 1.34. The number of hydrogen-bond donors (Lipinski definition) is 2. The van der Waals surface area contributed by atoms with Crippen molar-refractivity contribution in [2.75, 3.05) is 44.6 Å². The van der Waals surface area contributed by atoms with Crippen LogP contribution in [0.25, 0.3) is 0 Å². The van der Waals surface area contributed by atoms with Crippen LogP contribution in [0.5, 0.6) is 0 Å². The normalized spacial score (nSPS) is 14.4. The molecule has 1 saturated heterocycles. The third kappa shape index (κ3) is 6.18. The summed E-state index contributed by atoms with van der Waals surface area (Å²) >= 11 is 0. The molecule has 8 nitrogen and oxygen atoms in total. The lowest BCUT2D eigenvalue weighted by molar-refractivity contribution is -0.132. The third-order valence-corrected chi connectivity index (χ3v) is 4.80. The minimum Gasteiger partial charge on any atom is -0.459 e. The molecule has 29 heavy (non-hydrogen) atoms. The number of rotatable bonds is 7. The first-order valence-corrected chi connectivity index (χ1v) is 9.69. The number of aryl methyl sites for hydroxylation is 1. The van der Waals surface area contributed by atoms with Crippen LogP contribution in [0.15, 0.2) is 47.1 Å². The number of nitrogens with zero attached hydrogens (tertiary/aromatic N) is 2. The van der Waals surface area contributed by atoms with Crippen molar-refractivity contribution in [1.82, 2.24) is 15.1 Å². The monoisotopic (exact) mass is 398 g/mol. The van der Waals surface area contributed by atoms with Crippen LogP contribution in [0.1, 0.15) is 22.5 Å². The Morgan fingerprint density at radius 2 is 1.76 bits per heavy atom. The van der Waals surface area contributed by atoms with Gasteiger partial charge in [0.2, 0.25) is 11.8 Å². The van der Waals surface area contributed by atoms with Crippen LogP contribution < -0.4 is 10.6 Å². The van der Waals surface area contributed by atoms with E-state index in [4.69, 9.17) is 4.42 Å². The zero-order valence-electron chi connectivity index (χ0n) is 16.5. The average molecular weight is 398 g/mol. The van der Waals surface area contributed by atoms with Gasteiger partial charge < -0.3 is 20.0 Å². The standard InChI is InChI=1S/C21H26N4O4/c1-16-4-6-17(7-5-16)23-19(26)15-24-10-12-25(13-11-24)20(27)8-9-22-21(28)18-3-2-14-29-18/h2-7,14H,8-13,15H2,1H3,(H,22,28)(H,23,26). The quantitative estimate of drug-likeness (QED) is 0.737. The summed E-state index contributed by atoms with van der Waals surface area (Å²) in [6, 6.07) is 10.9. The molecular weight excluding hydrogens is 372 g/mol. The van der Waals surface area contributed by atoms with E-state index in [1.54, 1.807) is 17.0 Å². The van der Waals surface area contributed by atoms with Crippen LogP contribution in [0.2, 0.25) is 0 Å². The Kier molecular flexibility index (Phi) is 7.02. The number of anilines is 1. The first-order valence-electron chi connectivity index (χ1n) is 9.69. The molecule has 2 N–H and O–H groups in total. The number of piperazine rings is 1. The Bertz CT molecular complexity index is 825. The first-order chi connectivity index (χ1) is 14.0. The van der Waals surface area contributed by atoms with Crippen molar-refractivity contribution in [1.29, 1.82) is 0 Å². The van der Waals surface area contributed by atoms with E-state index in [1.165, 1.54) is 6.26 Å². The molecule has 0 unspecified atom stereocenters. The lowest BCUT2D eigenvalue weighted by Crippen LogP contribution is -2.50. The van der Waals surface area contributed by atoms with Gasteiger partial charge in [-0.05, 0) is 31.2 Å². The Morgan fingerprint density at radius 1 is 1.03 bits per heavy atom. The molecule has 2 aromatic rings. The van der Waals surface area contributed by atoms with E-state index in [9.17, 15) is 14.4 Å². The molecule has 1 fully saturated rings. The topological polar surface area (TPSA) is 94.9 Å². The van der Waals surface area contributed by atoms with Gasteiger partial charge in [-0.25, -0.2) is 0 Å². The van der Waals surface area contributed by atoms with Gasteiger partial charge in [-0.1, -0.05) is 17.7 Å². The van der Waals surface area contributed by atoms with E-state index in [0.29, 0.717) is 32.7 Å². The summed E-state index contributed by atoms with van der Waals surface area (Å²) in [6.45, 7) is 5.00. The fourth-order valence-corrected chi connectivity index (χ4v) is 3.13. The molecule has 2 heterocycles. The van der Waals surface area contributed by atoms with Gasteiger partial charge in [-0.2, -0.15) is 0 Å². The highest BCUT2D eigenvalue weighted by molar-refractivity contribution is 5.92. The molecule has 3 rings (SSSR count). The summed E-state index contributed by atoms with van der Waals surface area (Å²) in [5.74, 6) is -0.162. The first kappa shape index (κ1) is 20.6. The largest absolute Gasteiger partial charge is 0.459 e. The van der Waals surface area contributed by atoms with Crippen molar-refractivity contribution >= 4 is 23.4 Å². The van der Waals surface area contributed by atoms with Crippen molar-refractivity contribution in [3.63, 3.8) is 0 Å². The summed E-state index contributed by atoms with van der Waals surface area (Å²) in [4.78, 5) is 40.1. The van der Waals surface area contributed by atoms with Gasteiger partial charge in [-0.3, -0.25) is 19.3 Å². The van der Waals surface area contributed by atoms with E-state index in [2.05, 4.69) is 10.6 Å². The zero-order valence-corrected chi connectivity index (χ0v) is 16.5. The fourth-order valence-electron chi connectivity index (χ4n) is 3.13. The van der Waals surface area contributed by atoms with Crippen LogP contribution in [-0.2, 0) is 9.59 Å². The molecule has 0 aliphatic carbocycles. The van der Waals surface area contributed by atoms with E-state index < -0.39 is 0 Å². The molecule has 0 saturated carbocycles. The molecular formula is C21H26N4O4. The highest BCUT2D eigenvalue weighted by Crippen LogP contribution is 2.09. The van der Waals surface area contributed by atoms with Gasteiger partial charge >= 0.3 is 0 Å². The van der Waals surface area contributed by atoms with Crippen LogP contribution in [0.4, 0.5) is 5.69 Å². The summed E-state index contributed by atoms with van der Waals surface area (Å²) in [6.07, 6.45) is 1.67. The lowest BCUT2D eigenvalue weighted by atomic mass is 10.2. The maximum absolute atomic E-state index is 12.3. The van der Waals surface area contributed by atoms with Gasteiger partial charge in [0.1, 0.15) is 0 Å². The maximum Gasteiger partial charge on any atom is 0.286 e. The molecule has 0 spiro atoms. The van der Waals surface area contributed by atoms with Crippen LogP contribution in [-0.4, -0.2) is 66.8 Å². The number of carbonyl (C=O) groups excluding carboxylic acids is 3. The molecule has 1 aliphatic rings. The smallest absolute Gasteiger partial charge is 0.286 e. The van der Waals surface area contributed by atoms with Crippen molar-refractivity contribution in [2.45, 2.75) is 13.3 Å². The van der Waals surface area contributed by atoms with Gasteiger partial charge in [0, 0.05) is 44.8 Å². The average Bonchev–Trinajstić information content (AvgIpc) is 3.25. The van der Waals surface area contributed by atoms with Crippen LogP contribution >= 0.6 is 0 Å². The number of amides is 3. The van der Waals surface area contributed by atoms with Gasteiger partial charge in [-0.15, -0.1) is 0 Å². The highest BCUT2D eigenvalue weighted by atomic mass is 16.3. The van der Waals surface area contributed by atoms with Crippen molar-refractivity contribution in [3.8, 4) is 0 Å². The van der Waals surface area contributed by atoms with E-state index in [1.807, 2.05) is 36.1 Å². The lowest BCUT2D eigenvalue weighted by Gasteiger charge is -2.34. The van der Waals surface area contributed by atoms with Crippen molar-refractivity contribution in [3.05, 3.63) is 54.0 Å². The third-order valence-electron chi connectivity index (χ3n) is 4.80. The second kappa shape index (κ2) is 9.88. The molecule has 154 valence electrons. The molecule has 8 heteroatoms. The Morgan fingerprint density at radius 3 is 2.41 bits per heavy atom. The molecule has 1 aromatic carbocycles. The van der Waals surface area contributed by atoms with E-state index >= 15 is 0 Å². The molecule has 0 bridgehead atoms. The summed E-state index contributed by atoms with van der Waals surface area (Å²) in [5.41, 5.74) is 1.93. The van der Waals surface area contributed by atoms with Gasteiger partial charge in [0.15, 0.2) is 5.76 Å². The Labute approximate surface area is 169 Å². The predicted molar refractivity (Wildman–Crippen MR) is 108 cm³/mol. The SMILES string of the molecule is Cc1ccc(NC(=O)CN2CCN(C(=O)CCNC(=O)c3ccco3)CC2)cc1. The van der Waals surface area contributed by atoms with Crippen molar-refractivity contribution in [2.24, 2.45) is 0 Å². The molecule has 1 aromatic heterocycles. The summed E-state index contributed by atoms with van der Waals surface area (Å²) in [5, 5.41) is 5.56. The minimum atomic E-state index is -0.327. The molecule has 0 radical (unpaired) electrons. The fraction of sp³-hybridized carbons (Fsp3) is 0.381. The number of furan rings is 1. The van der Waals surface area contributed by atoms with Crippen LogP contribution in [0.3, 0.4) is 0 Å². The number of benzene rings is 1. The molecule has 3 amide bonds. The summed E-state index contributed by atoms with van der Waals surface area (Å²) in [7, 11) is 0. The summed E-state index contributed by atoms with van der Waals surface area (Å²) < 4.78 is 5.01. The number of hydrogen-bond acceptors (Lipinski definition) is 5. The maximum atomic E-state index is 12.3.